The van der Waals surface area contributed by atoms with E-state index in [1.807, 2.05) is 19.9 Å². The Morgan fingerprint density at radius 2 is 1.68 bits per heavy atom. The monoisotopic (exact) mass is 619 g/mol. The highest BCUT2D eigenvalue weighted by Crippen LogP contribution is 2.35. The van der Waals surface area contributed by atoms with Gasteiger partial charge in [-0.1, -0.05) is 79.9 Å². The van der Waals surface area contributed by atoms with E-state index >= 15 is 0 Å². The van der Waals surface area contributed by atoms with Gasteiger partial charge in [0, 0.05) is 13.1 Å². The van der Waals surface area contributed by atoms with Crippen molar-refractivity contribution in [2.75, 3.05) is 24.5 Å². The number of sulfonamides is 1. The number of amides is 2. The van der Waals surface area contributed by atoms with E-state index in [4.69, 9.17) is 27.9 Å². The second kappa shape index (κ2) is 15.1. The molecule has 0 aliphatic rings. The first kappa shape index (κ1) is 32.2. The molecule has 3 rings (SSSR count). The molecule has 3 aromatic carbocycles. The summed E-state index contributed by atoms with van der Waals surface area (Å²) in [5.74, 6) is -0.300. The summed E-state index contributed by atoms with van der Waals surface area (Å²) in [5.41, 5.74) is 0.772. The summed E-state index contributed by atoms with van der Waals surface area (Å²) < 4.78 is 34.1. The topological polar surface area (TPSA) is 96.0 Å². The summed E-state index contributed by atoms with van der Waals surface area (Å²) >= 11 is 12.7. The van der Waals surface area contributed by atoms with Gasteiger partial charge in [-0.25, -0.2) is 8.42 Å². The van der Waals surface area contributed by atoms with Crippen LogP contribution in [0.1, 0.15) is 38.7 Å². The van der Waals surface area contributed by atoms with Crippen molar-refractivity contribution in [3.8, 4) is 5.75 Å². The minimum atomic E-state index is -4.25. The predicted octanol–water partition coefficient (Wildman–Crippen LogP) is 5.92. The van der Waals surface area contributed by atoms with Crippen molar-refractivity contribution in [3.63, 3.8) is 0 Å². The third-order valence-corrected chi connectivity index (χ3v) is 9.10. The number of unbranched alkanes of at least 4 members (excludes halogenated alkanes) is 1. The Labute approximate surface area is 252 Å². The first-order valence-electron chi connectivity index (χ1n) is 13.4. The van der Waals surface area contributed by atoms with Crippen LogP contribution < -0.4 is 14.4 Å². The average molecular weight is 621 g/mol. The minimum absolute atomic E-state index is 0.00910. The molecule has 0 aromatic heterocycles. The maximum Gasteiger partial charge on any atom is 0.264 e. The van der Waals surface area contributed by atoms with E-state index in [0.717, 1.165) is 22.7 Å². The largest absolute Gasteiger partial charge is 0.497 e. The number of ether oxygens (including phenoxy) is 1. The molecule has 1 N–H and O–H groups in total. The van der Waals surface area contributed by atoms with Gasteiger partial charge in [-0.3, -0.25) is 13.9 Å². The molecule has 41 heavy (non-hydrogen) atoms. The second-order valence-corrected chi connectivity index (χ2v) is 12.0. The Bertz CT molecular complexity index is 1440. The lowest BCUT2D eigenvalue weighted by molar-refractivity contribution is -0.140. The summed E-state index contributed by atoms with van der Waals surface area (Å²) in [5, 5.41) is 3.04. The number of halogens is 2. The summed E-state index contributed by atoms with van der Waals surface area (Å²) in [6.07, 6.45) is 2.01. The van der Waals surface area contributed by atoms with Crippen molar-refractivity contribution in [1.82, 2.24) is 10.2 Å². The fraction of sp³-hybridized carbons (Fsp3) is 0.333. The van der Waals surface area contributed by atoms with Crippen molar-refractivity contribution in [2.24, 2.45) is 0 Å². The molecule has 0 unspecified atom stereocenters. The van der Waals surface area contributed by atoms with E-state index in [9.17, 15) is 18.0 Å². The van der Waals surface area contributed by atoms with Gasteiger partial charge in [0.2, 0.25) is 11.8 Å². The molecule has 0 aliphatic carbocycles. The Hall–Kier alpha value is -3.27. The van der Waals surface area contributed by atoms with Crippen LogP contribution in [0, 0.1) is 0 Å². The third kappa shape index (κ3) is 8.15. The quantitative estimate of drug-likeness (QED) is 0.226. The maximum atomic E-state index is 14.1. The van der Waals surface area contributed by atoms with E-state index in [-0.39, 0.29) is 33.1 Å². The van der Waals surface area contributed by atoms with Crippen LogP contribution in [0.15, 0.2) is 77.7 Å². The van der Waals surface area contributed by atoms with Crippen LogP contribution in [0.2, 0.25) is 10.0 Å². The number of anilines is 1. The molecular formula is C30H35Cl2N3O5S. The van der Waals surface area contributed by atoms with Crippen molar-refractivity contribution in [2.45, 2.75) is 50.6 Å². The molecule has 11 heteroatoms. The third-order valence-electron chi connectivity index (χ3n) is 6.51. The molecule has 0 aliphatic heterocycles. The van der Waals surface area contributed by atoms with E-state index in [1.54, 1.807) is 49.6 Å². The maximum absolute atomic E-state index is 14.1. The highest BCUT2D eigenvalue weighted by molar-refractivity contribution is 7.92. The predicted molar refractivity (Wildman–Crippen MR) is 163 cm³/mol. The lowest BCUT2D eigenvalue weighted by atomic mass is 10.1. The van der Waals surface area contributed by atoms with E-state index < -0.39 is 28.5 Å². The van der Waals surface area contributed by atoms with Gasteiger partial charge in [-0.05, 0) is 54.8 Å². The van der Waals surface area contributed by atoms with Gasteiger partial charge < -0.3 is 15.0 Å². The van der Waals surface area contributed by atoms with Crippen LogP contribution in [0.25, 0.3) is 0 Å². The zero-order valence-electron chi connectivity index (χ0n) is 23.3. The summed E-state index contributed by atoms with van der Waals surface area (Å²) in [4.78, 5) is 28.8. The zero-order chi connectivity index (χ0) is 30.0. The molecule has 0 radical (unpaired) electrons. The highest BCUT2D eigenvalue weighted by atomic mass is 35.5. The Morgan fingerprint density at radius 3 is 2.34 bits per heavy atom. The number of nitrogens with one attached hydrogen (secondary N) is 1. The lowest BCUT2D eigenvalue weighted by Crippen LogP contribution is -2.52. The van der Waals surface area contributed by atoms with Crippen molar-refractivity contribution < 1.29 is 22.7 Å². The SMILES string of the molecule is CCCCNC(=O)[C@H](CC)N(Cc1cccc(OC)c1)C(=O)CN(c1cccc(Cl)c1Cl)S(=O)(=O)c1ccccc1. The molecule has 0 saturated heterocycles. The number of carbonyl (C=O) groups is 2. The van der Waals surface area contributed by atoms with Gasteiger partial charge in [-0.2, -0.15) is 0 Å². The molecule has 0 spiro atoms. The Morgan fingerprint density at radius 1 is 0.976 bits per heavy atom. The normalized spacial score (nSPS) is 11.9. The number of benzene rings is 3. The Balaban J connectivity index is 2.07. The number of nitrogens with zero attached hydrogens (tertiary/aromatic N) is 2. The van der Waals surface area contributed by atoms with Crippen molar-refractivity contribution in [3.05, 3.63) is 88.4 Å². The van der Waals surface area contributed by atoms with Gasteiger partial charge in [0.15, 0.2) is 0 Å². The smallest absolute Gasteiger partial charge is 0.264 e. The minimum Gasteiger partial charge on any atom is -0.497 e. The van der Waals surface area contributed by atoms with Gasteiger partial charge >= 0.3 is 0 Å². The standard InChI is InChI=1S/C30H35Cl2N3O5S/c1-4-6-18-33-30(37)26(5-2)34(20-22-12-10-13-23(19-22)40-3)28(36)21-35(27-17-11-16-25(31)29(27)32)41(38,39)24-14-8-7-9-15-24/h7-17,19,26H,4-6,18,20-21H2,1-3H3,(H,33,37)/t26-/m0/s1. The molecule has 0 saturated carbocycles. The number of methoxy groups -OCH3 is 1. The van der Waals surface area contributed by atoms with Crippen LogP contribution in [-0.2, 0) is 26.2 Å². The first-order valence-corrected chi connectivity index (χ1v) is 15.6. The van der Waals surface area contributed by atoms with Crippen molar-refractivity contribution >= 4 is 50.7 Å². The van der Waals surface area contributed by atoms with Crippen LogP contribution in [0.5, 0.6) is 5.75 Å². The lowest BCUT2D eigenvalue weighted by Gasteiger charge is -2.33. The average Bonchev–Trinajstić information content (AvgIpc) is 2.98. The van der Waals surface area contributed by atoms with Crippen molar-refractivity contribution in [1.29, 1.82) is 0 Å². The molecule has 0 fully saturated rings. The number of hydrogen-bond acceptors (Lipinski definition) is 5. The van der Waals surface area contributed by atoms with Crippen LogP contribution in [-0.4, -0.2) is 51.4 Å². The fourth-order valence-electron chi connectivity index (χ4n) is 4.31. The molecular weight excluding hydrogens is 585 g/mol. The van der Waals surface area contributed by atoms with E-state index in [2.05, 4.69) is 5.32 Å². The van der Waals surface area contributed by atoms with Gasteiger partial charge in [0.05, 0.1) is 27.7 Å². The van der Waals surface area contributed by atoms with E-state index in [0.29, 0.717) is 18.7 Å². The summed E-state index contributed by atoms with van der Waals surface area (Å²) in [6, 6.07) is 18.7. The Kier molecular flexibility index (Phi) is 11.9. The van der Waals surface area contributed by atoms with Gasteiger partial charge in [0.25, 0.3) is 10.0 Å². The summed E-state index contributed by atoms with van der Waals surface area (Å²) in [7, 11) is -2.71. The zero-order valence-corrected chi connectivity index (χ0v) is 25.7. The molecule has 8 nitrogen and oxygen atoms in total. The second-order valence-electron chi connectivity index (χ2n) is 9.34. The van der Waals surface area contributed by atoms with Crippen LogP contribution in [0.3, 0.4) is 0 Å². The number of hydrogen-bond donors (Lipinski definition) is 1. The molecule has 2 amide bonds. The molecule has 1 atom stereocenters. The number of carbonyl (C=O) groups excluding carboxylic acids is 2. The molecule has 220 valence electrons. The molecule has 0 bridgehead atoms. The van der Waals surface area contributed by atoms with E-state index in [1.165, 1.54) is 29.2 Å². The summed E-state index contributed by atoms with van der Waals surface area (Å²) in [6.45, 7) is 3.74. The fourth-order valence-corrected chi connectivity index (χ4v) is 6.21. The van der Waals surface area contributed by atoms with Gasteiger partial charge in [0.1, 0.15) is 18.3 Å². The van der Waals surface area contributed by atoms with Crippen LogP contribution in [0.4, 0.5) is 5.69 Å². The highest BCUT2D eigenvalue weighted by Gasteiger charge is 2.34. The molecule has 3 aromatic rings. The van der Waals surface area contributed by atoms with Gasteiger partial charge in [-0.15, -0.1) is 0 Å². The number of rotatable bonds is 14. The van der Waals surface area contributed by atoms with Crippen LogP contribution >= 0.6 is 23.2 Å². The first-order chi connectivity index (χ1) is 19.6. The molecule has 0 heterocycles.